The molecule has 4 heterocycles. The Hall–Kier alpha value is -2.97. The molecule has 0 aliphatic carbocycles. The van der Waals surface area contributed by atoms with E-state index in [0.717, 1.165) is 0 Å². The second-order valence-corrected chi connectivity index (χ2v) is 7.67. The maximum atomic E-state index is 13.7. The Morgan fingerprint density at radius 2 is 1.68 bits per heavy atom. The molecule has 0 bridgehead atoms. The van der Waals surface area contributed by atoms with Gasteiger partial charge in [-0.1, -0.05) is 0 Å². The summed E-state index contributed by atoms with van der Waals surface area (Å²) in [5.74, 6) is 0.600. The number of amides is 1. The van der Waals surface area contributed by atoms with Gasteiger partial charge in [-0.25, -0.2) is 18.7 Å². The number of carbonyl (C=O) groups excluding carboxylic acids is 1. The number of halogens is 3. The van der Waals surface area contributed by atoms with Crippen LogP contribution in [-0.4, -0.2) is 102 Å². The molecule has 2 aromatic heterocycles. The van der Waals surface area contributed by atoms with Gasteiger partial charge in [0.05, 0.1) is 25.8 Å². The second kappa shape index (κ2) is 11.4. The highest BCUT2D eigenvalue weighted by Crippen LogP contribution is 2.29. The number of alkyl halides is 2. The first-order valence-corrected chi connectivity index (χ1v) is 10.8. The molecule has 2 fully saturated rings. The van der Waals surface area contributed by atoms with Crippen molar-refractivity contribution in [3.63, 3.8) is 0 Å². The molecule has 4 rings (SSSR count). The number of quaternary nitrogens is 1. The third-order valence-corrected chi connectivity index (χ3v) is 5.48. The topological polar surface area (TPSA) is 143 Å². The number of nitrogen functional groups attached to an aromatic ring is 1. The zero-order valence-electron chi connectivity index (χ0n) is 18.7. The van der Waals surface area contributed by atoms with Crippen molar-refractivity contribution in [1.29, 1.82) is 0 Å². The zero-order chi connectivity index (χ0) is 23.4. The fourth-order valence-corrected chi connectivity index (χ4v) is 3.73. The fourth-order valence-electron chi connectivity index (χ4n) is 3.73. The summed E-state index contributed by atoms with van der Waals surface area (Å²) in [6.07, 6.45) is -1.66. The summed E-state index contributed by atoms with van der Waals surface area (Å²) in [5.41, 5.74) is 5.00. The molecule has 2 saturated heterocycles. The van der Waals surface area contributed by atoms with E-state index >= 15 is 0 Å². The highest BCUT2D eigenvalue weighted by molar-refractivity contribution is 5.77. The SMILES string of the molecule is C[NH2+]CC(=O)N1CCN(c2nc(-c3cnc(N)nc3C(F)F)nc(N3CCOCC3)n2)CC1.[Cl-]. The van der Waals surface area contributed by atoms with E-state index in [1.807, 2.05) is 22.2 Å². The van der Waals surface area contributed by atoms with Crippen molar-refractivity contribution in [3.05, 3.63) is 11.9 Å². The summed E-state index contributed by atoms with van der Waals surface area (Å²) >= 11 is 0. The average molecular weight is 501 g/mol. The van der Waals surface area contributed by atoms with E-state index in [4.69, 9.17) is 10.5 Å². The molecular weight excluding hydrogens is 474 g/mol. The molecule has 2 aliphatic heterocycles. The van der Waals surface area contributed by atoms with E-state index in [0.29, 0.717) is 70.9 Å². The van der Waals surface area contributed by atoms with Crippen LogP contribution >= 0.6 is 0 Å². The lowest BCUT2D eigenvalue weighted by Crippen LogP contribution is -3.00. The van der Waals surface area contributed by atoms with Gasteiger partial charge in [0.1, 0.15) is 5.69 Å². The monoisotopic (exact) mass is 500 g/mol. The maximum Gasteiger partial charge on any atom is 0.281 e. The minimum absolute atomic E-state index is 0. The molecule has 15 heteroatoms. The van der Waals surface area contributed by atoms with Crippen LogP contribution in [0.1, 0.15) is 12.1 Å². The molecule has 0 spiro atoms. The van der Waals surface area contributed by atoms with Gasteiger partial charge in [-0.15, -0.1) is 0 Å². The predicted octanol–water partition coefficient (Wildman–Crippen LogP) is -4.47. The highest BCUT2D eigenvalue weighted by Gasteiger charge is 2.27. The Bertz CT molecular complexity index is 988. The van der Waals surface area contributed by atoms with Crippen LogP contribution in [0.15, 0.2) is 6.20 Å². The molecule has 2 aliphatic rings. The third kappa shape index (κ3) is 5.74. The van der Waals surface area contributed by atoms with Gasteiger partial charge >= 0.3 is 0 Å². The predicted molar refractivity (Wildman–Crippen MR) is 115 cm³/mol. The van der Waals surface area contributed by atoms with Crippen LogP contribution in [0.3, 0.4) is 0 Å². The second-order valence-electron chi connectivity index (χ2n) is 7.67. The summed E-state index contributed by atoms with van der Waals surface area (Å²) in [7, 11) is 1.85. The van der Waals surface area contributed by atoms with Gasteiger partial charge in [0, 0.05) is 45.5 Å². The molecule has 0 radical (unpaired) electrons. The first-order chi connectivity index (χ1) is 16.0. The molecule has 12 nitrogen and oxygen atoms in total. The van der Waals surface area contributed by atoms with Crippen molar-refractivity contribution < 1.29 is 36.0 Å². The van der Waals surface area contributed by atoms with Gasteiger partial charge in [-0.2, -0.15) is 15.0 Å². The minimum Gasteiger partial charge on any atom is -1.00 e. The van der Waals surface area contributed by atoms with Crippen LogP contribution < -0.4 is 33.3 Å². The Labute approximate surface area is 201 Å². The lowest BCUT2D eigenvalue weighted by atomic mass is 10.2. The summed E-state index contributed by atoms with van der Waals surface area (Å²) in [6, 6.07) is 0. The summed E-state index contributed by atoms with van der Waals surface area (Å²) in [6.45, 7) is 4.63. The summed E-state index contributed by atoms with van der Waals surface area (Å²) in [5, 5.41) is 1.83. The van der Waals surface area contributed by atoms with Crippen molar-refractivity contribution in [2.45, 2.75) is 6.43 Å². The first kappa shape index (κ1) is 25.6. The number of nitrogens with zero attached hydrogens (tertiary/aromatic N) is 8. The molecule has 0 saturated carbocycles. The number of likely N-dealkylation sites (N-methyl/N-ethyl adjacent to an activating group) is 1. The number of rotatable bonds is 6. The van der Waals surface area contributed by atoms with Crippen LogP contribution in [0.4, 0.5) is 26.6 Å². The van der Waals surface area contributed by atoms with Gasteiger partial charge in [-0.05, 0) is 0 Å². The highest BCUT2D eigenvalue weighted by atomic mass is 35.5. The van der Waals surface area contributed by atoms with Crippen molar-refractivity contribution in [1.82, 2.24) is 29.8 Å². The smallest absolute Gasteiger partial charge is 0.281 e. The number of piperazine rings is 1. The Morgan fingerprint density at radius 3 is 2.26 bits per heavy atom. The van der Waals surface area contributed by atoms with Crippen LogP contribution in [0.25, 0.3) is 11.4 Å². The number of hydrogen-bond donors (Lipinski definition) is 2. The van der Waals surface area contributed by atoms with Gasteiger partial charge in [0.25, 0.3) is 12.3 Å². The Kier molecular flexibility index (Phi) is 8.63. The fraction of sp³-hybridized carbons (Fsp3) is 0.579. The number of carbonyl (C=O) groups is 1. The van der Waals surface area contributed by atoms with Crippen LogP contribution in [0, 0.1) is 0 Å². The Morgan fingerprint density at radius 1 is 1.06 bits per heavy atom. The zero-order valence-corrected chi connectivity index (χ0v) is 19.5. The summed E-state index contributed by atoms with van der Waals surface area (Å²) in [4.78, 5) is 39.0. The van der Waals surface area contributed by atoms with Gasteiger partial charge in [0.2, 0.25) is 17.8 Å². The van der Waals surface area contributed by atoms with E-state index in [1.165, 1.54) is 6.20 Å². The number of morpholine rings is 1. The van der Waals surface area contributed by atoms with Crippen LogP contribution in [-0.2, 0) is 9.53 Å². The molecule has 34 heavy (non-hydrogen) atoms. The minimum atomic E-state index is -2.87. The number of nitrogens with two attached hydrogens (primary N) is 2. The lowest BCUT2D eigenvalue weighted by Gasteiger charge is -2.35. The van der Waals surface area contributed by atoms with Crippen LogP contribution in [0.5, 0.6) is 0 Å². The number of ether oxygens (including phenoxy) is 1. The van der Waals surface area contributed by atoms with Crippen molar-refractivity contribution in [3.8, 4) is 11.4 Å². The molecule has 1 amide bonds. The number of anilines is 3. The molecule has 2 aromatic rings. The largest absolute Gasteiger partial charge is 1.00 e. The summed E-state index contributed by atoms with van der Waals surface area (Å²) < 4.78 is 32.8. The van der Waals surface area contributed by atoms with E-state index in [-0.39, 0.29) is 35.7 Å². The number of hydrogen-bond acceptors (Lipinski definition) is 10. The maximum absolute atomic E-state index is 13.7. The van der Waals surface area contributed by atoms with Gasteiger partial charge in [-0.3, -0.25) is 4.79 Å². The van der Waals surface area contributed by atoms with E-state index < -0.39 is 12.1 Å². The van der Waals surface area contributed by atoms with Crippen LogP contribution in [0.2, 0.25) is 0 Å². The standard InChI is InChI=1S/C19H26F2N10O2.ClH/c1-23-11-13(32)29-2-4-30(5-3-29)18-26-16(12-10-24-17(22)25-14(12)15(20)21)27-19(28-18)31-6-8-33-9-7-31;/h10,15,23H,2-9,11H2,1H3,(H2,22,24,25);1H. The van der Waals surface area contributed by atoms with Gasteiger partial charge < -0.3 is 42.9 Å². The third-order valence-electron chi connectivity index (χ3n) is 5.48. The molecule has 0 atom stereocenters. The molecule has 0 unspecified atom stereocenters. The van der Waals surface area contributed by atoms with Crippen molar-refractivity contribution in [2.24, 2.45) is 0 Å². The molecule has 0 aromatic carbocycles. The molecule has 186 valence electrons. The lowest BCUT2D eigenvalue weighted by molar-refractivity contribution is -0.616. The van der Waals surface area contributed by atoms with E-state index in [2.05, 4.69) is 24.9 Å². The van der Waals surface area contributed by atoms with Gasteiger partial charge in [0.15, 0.2) is 12.4 Å². The Balaban J connectivity index is 0.00000324. The quantitative estimate of drug-likeness (QED) is 0.398. The van der Waals surface area contributed by atoms with Crippen molar-refractivity contribution in [2.75, 3.05) is 81.6 Å². The van der Waals surface area contributed by atoms with Crippen molar-refractivity contribution >= 4 is 23.8 Å². The number of aromatic nitrogens is 5. The molecular formula is C19H27ClF2N10O2. The average Bonchev–Trinajstić information content (AvgIpc) is 2.84. The molecule has 4 N–H and O–H groups in total. The van der Waals surface area contributed by atoms with E-state index in [1.54, 1.807) is 4.90 Å². The normalized spacial score (nSPS) is 16.5. The van der Waals surface area contributed by atoms with E-state index in [9.17, 15) is 13.6 Å². The first-order valence-electron chi connectivity index (χ1n) is 10.8.